The molecule has 3 amide bonds. The van der Waals surface area contributed by atoms with E-state index in [1.807, 2.05) is 30.3 Å². The lowest BCUT2D eigenvalue weighted by molar-refractivity contribution is -0.122. The number of aryl methyl sites for hydroxylation is 1. The van der Waals surface area contributed by atoms with E-state index < -0.39 is 27.1 Å². The van der Waals surface area contributed by atoms with E-state index in [1.54, 1.807) is 19.1 Å². The molecule has 2 aliphatic rings. The molecule has 2 aromatic rings. The highest BCUT2D eigenvalue weighted by Crippen LogP contribution is 2.31. The van der Waals surface area contributed by atoms with E-state index in [-0.39, 0.29) is 29.6 Å². The van der Waals surface area contributed by atoms with Crippen LogP contribution in [0.15, 0.2) is 58.3 Å². The van der Waals surface area contributed by atoms with Crippen molar-refractivity contribution in [2.75, 3.05) is 13.1 Å². The first-order valence-electron chi connectivity index (χ1n) is 10.5. The van der Waals surface area contributed by atoms with Gasteiger partial charge in [0.15, 0.2) is 0 Å². The summed E-state index contributed by atoms with van der Waals surface area (Å²) in [5.41, 5.74) is 1.67. The molecule has 4 rings (SSSR count). The van der Waals surface area contributed by atoms with E-state index in [1.165, 1.54) is 12.1 Å². The van der Waals surface area contributed by atoms with Gasteiger partial charge in [0.2, 0.25) is 10.0 Å². The third kappa shape index (κ3) is 5.52. The molecule has 0 aromatic heterocycles. The van der Waals surface area contributed by atoms with Crippen molar-refractivity contribution >= 4 is 44.9 Å². The second-order valence-corrected chi connectivity index (χ2v) is 10.6. The molecule has 0 atom stereocenters. The Morgan fingerprint density at radius 3 is 2.58 bits per heavy atom. The summed E-state index contributed by atoms with van der Waals surface area (Å²) in [6, 6.07) is 13.6. The zero-order chi connectivity index (χ0) is 23.6. The monoisotopic (exact) mass is 485 g/mol. The second kappa shape index (κ2) is 9.50. The van der Waals surface area contributed by atoms with Gasteiger partial charge < -0.3 is 5.32 Å². The van der Waals surface area contributed by atoms with Crippen LogP contribution in [-0.2, 0) is 14.8 Å². The average Bonchev–Trinajstić information content (AvgIpc) is 3.55. The third-order valence-corrected chi connectivity index (χ3v) is 7.68. The van der Waals surface area contributed by atoms with Crippen molar-refractivity contribution in [3.8, 4) is 0 Å². The van der Waals surface area contributed by atoms with Crippen molar-refractivity contribution in [1.29, 1.82) is 0 Å². The molecular formula is C23H23N3O5S2. The summed E-state index contributed by atoms with van der Waals surface area (Å²) in [6.45, 7) is 1.78. The molecule has 172 valence electrons. The van der Waals surface area contributed by atoms with Crippen LogP contribution in [0.4, 0.5) is 4.79 Å². The van der Waals surface area contributed by atoms with Gasteiger partial charge in [-0.3, -0.25) is 19.3 Å². The standard InChI is InChI=1S/C23H23N3O5S2/c1-15-7-10-18(33(30,31)25-17-8-9-17)14-19(15)21(27)24-11-12-26-22(28)20(32-23(26)29)13-16-5-3-2-4-6-16/h2-7,10,13-14,17,25H,8-9,11-12H2,1H3,(H,24,27)/b20-13-. The lowest BCUT2D eigenvalue weighted by Crippen LogP contribution is -2.37. The number of nitrogens with zero attached hydrogens (tertiary/aromatic N) is 1. The molecule has 0 unspecified atom stereocenters. The van der Waals surface area contributed by atoms with Gasteiger partial charge in [0.05, 0.1) is 9.80 Å². The molecule has 1 heterocycles. The molecule has 1 saturated heterocycles. The molecule has 2 fully saturated rings. The Balaban J connectivity index is 1.38. The van der Waals surface area contributed by atoms with Crippen LogP contribution < -0.4 is 10.0 Å². The zero-order valence-electron chi connectivity index (χ0n) is 17.9. The number of amides is 3. The fraction of sp³-hybridized carbons (Fsp3) is 0.261. The van der Waals surface area contributed by atoms with E-state index in [0.717, 1.165) is 35.1 Å². The number of thioether (sulfide) groups is 1. The van der Waals surface area contributed by atoms with Crippen LogP contribution in [0.1, 0.15) is 34.3 Å². The van der Waals surface area contributed by atoms with Crippen LogP contribution in [0.25, 0.3) is 6.08 Å². The van der Waals surface area contributed by atoms with Crippen LogP contribution in [0.2, 0.25) is 0 Å². The van der Waals surface area contributed by atoms with Gasteiger partial charge in [-0.15, -0.1) is 0 Å². The van der Waals surface area contributed by atoms with Crippen molar-refractivity contribution in [2.45, 2.75) is 30.7 Å². The number of carbonyl (C=O) groups is 3. The van der Waals surface area contributed by atoms with E-state index >= 15 is 0 Å². The lowest BCUT2D eigenvalue weighted by atomic mass is 10.1. The number of hydrogen-bond acceptors (Lipinski definition) is 6. The van der Waals surface area contributed by atoms with Crippen LogP contribution in [-0.4, -0.2) is 49.5 Å². The summed E-state index contributed by atoms with van der Waals surface area (Å²) in [5.74, 6) is -0.874. The maximum absolute atomic E-state index is 12.7. The van der Waals surface area contributed by atoms with Gasteiger partial charge in [-0.05, 0) is 60.9 Å². The van der Waals surface area contributed by atoms with Crippen molar-refractivity contribution in [3.05, 3.63) is 70.1 Å². The van der Waals surface area contributed by atoms with Gasteiger partial charge in [0, 0.05) is 24.7 Å². The fourth-order valence-corrected chi connectivity index (χ4v) is 5.47. The van der Waals surface area contributed by atoms with Gasteiger partial charge in [0.1, 0.15) is 0 Å². The minimum absolute atomic E-state index is 0.0167. The summed E-state index contributed by atoms with van der Waals surface area (Å²) in [6.07, 6.45) is 3.29. The first kappa shape index (κ1) is 23.2. The molecule has 1 saturated carbocycles. The first-order chi connectivity index (χ1) is 15.7. The molecule has 2 aromatic carbocycles. The van der Waals surface area contributed by atoms with Crippen LogP contribution in [0, 0.1) is 6.92 Å². The minimum Gasteiger partial charge on any atom is -0.350 e. The molecule has 1 aliphatic carbocycles. The maximum Gasteiger partial charge on any atom is 0.293 e. The Hall–Kier alpha value is -2.95. The molecule has 8 nitrogen and oxygen atoms in total. The maximum atomic E-state index is 12.7. The SMILES string of the molecule is Cc1ccc(S(=O)(=O)NC2CC2)cc1C(=O)NCCN1C(=O)S/C(=C\c2ccccc2)C1=O. The number of sulfonamides is 1. The Morgan fingerprint density at radius 1 is 1.15 bits per heavy atom. The summed E-state index contributed by atoms with van der Waals surface area (Å²) in [7, 11) is -3.69. The van der Waals surface area contributed by atoms with E-state index in [4.69, 9.17) is 0 Å². The number of imide groups is 1. The third-order valence-electron chi connectivity index (χ3n) is 5.26. The fourth-order valence-electron chi connectivity index (χ4n) is 3.27. The molecule has 0 radical (unpaired) electrons. The molecular weight excluding hydrogens is 462 g/mol. The van der Waals surface area contributed by atoms with E-state index in [9.17, 15) is 22.8 Å². The van der Waals surface area contributed by atoms with Gasteiger partial charge in [-0.2, -0.15) is 0 Å². The van der Waals surface area contributed by atoms with Gasteiger partial charge in [-0.25, -0.2) is 13.1 Å². The predicted octanol–water partition coefficient (Wildman–Crippen LogP) is 2.90. The summed E-state index contributed by atoms with van der Waals surface area (Å²) < 4.78 is 27.5. The molecule has 10 heteroatoms. The predicted molar refractivity (Wildman–Crippen MR) is 126 cm³/mol. The summed E-state index contributed by atoms with van der Waals surface area (Å²) in [5, 5.41) is 2.28. The van der Waals surface area contributed by atoms with Crippen molar-refractivity contribution in [2.24, 2.45) is 0 Å². The van der Waals surface area contributed by atoms with Gasteiger partial charge in [-0.1, -0.05) is 36.4 Å². The molecule has 2 N–H and O–H groups in total. The highest BCUT2D eigenvalue weighted by molar-refractivity contribution is 8.18. The van der Waals surface area contributed by atoms with Crippen LogP contribution >= 0.6 is 11.8 Å². The Bertz CT molecular complexity index is 1240. The Kier molecular flexibility index (Phi) is 6.68. The quantitative estimate of drug-likeness (QED) is 0.556. The summed E-state index contributed by atoms with van der Waals surface area (Å²) >= 11 is 0.861. The normalized spacial score (nSPS) is 17.6. The number of rotatable bonds is 8. The topological polar surface area (TPSA) is 113 Å². The van der Waals surface area contributed by atoms with Crippen molar-refractivity contribution < 1.29 is 22.8 Å². The number of carbonyl (C=O) groups excluding carboxylic acids is 3. The highest BCUT2D eigenvalue weighted by Gasteiger charge is 2.34. The largest absolute Gasteiger partial charge is 0.350 e. The number of nitrogens with one attached hydrogen (secondary N) is 2. The second-order valence-electron chi connectivity index (χ2n) is 7.87. The minimum atomic E-state index is -3.69. The first-order valence-corrected chi connectivity index (χ1v) is 12.8. The van der Waals surface area contributed by atoms with E-state index in [0.29, 0.717) is 10.5 Å². The Labute approximate surface area is 196 Å². The van der Waals surface area contributed by atoms with Crippen molar-refractivity contribution in [1.82, 2.24) is 14.9 Å². The molecule has 0 bridgehead atoms. The van der Waals surface area contributed by atoms with Gasteiger partial charge >= 0.3 is 0 Å². The van der Waals surface area contributed by atoms with Crippen molar-refractivity contribution in [3.63, 3.8) is 0 Å². The average molecular weight is 486 g/mol. The van der Waals surface area contributed by atoms with Gasteiger partial charge in [0.25, 0.3) is 17.1 Å². The zero-order valence-corrected chi connectivity index (χ0v) is 19.5. The Morgan fingerprint density at radius 2 is 1.88 bits per heavy atom. The van der Waals surface area contributed by atoms with Crippen LogP contribution in [0.5, 0.6) is 0 Å². The highest BCUT2D eigenvalue weighted by atomic mass is 32.2. The molecule has 1 aliphatic heterocycles. The molecule has 0 spiro atoms. The number of hydrogen-bond donors (Lipinski definition) is 2. The van der Waals surface area contributed by atoms with E-state index in [2.05, 4.69) is 10.0 Å². The lowest BCUT2D eigenvalue weighted by Gasteiger charge is -2.14. The smallest absolute Gasteiger partial charge is 0.293 e. The molecule has 33 heavy (non-hydrogen) atoms. The number of benzene rings is 2. The van der Waals surface area contributed by atoms with Crippen LogP contribution in [0.3, 0.4) is 0 Å². The summed E-state index contributed by atoms with van der Waals surface area (Å²) in [4.78, 5) is 39.0.